The van der Waals surface area contributed by atoms with Crippen LogP contribution in [0.2, 0.25) is 0 Å². The number of amides is 2. The Balaban J connectivity index is 5.06. The van der Waals surface area contributed by atoms with E-state index in [1.807, 2.05) is 13.8 Å². The molecule has 0 spiro atoms. The SMILES string of the molecule is CC(C)CN(CC(N)=O)C(=O)CC(C)(C(=O)O)C(C)C. The van der Waals surface area contributed by atoms with Gasteiger partial charge in [0.05, 0.1) is 12.0 Å². The molecule has 0 rings (SSSR count). The third-order valence-electron chi connectivity index (χ3n) is 3.57. The predicted molar refractivity (Wildman–Crippen MR) is 75.8 cm³/mol. The lowest BCUT2D eigenvalue weighted by Crippen LogP contribution is -2.45. The maximum atomic E-state index is 12.3. The molecule has 1 atom stereocenters. The molecular formula is C14H26N2O4. The lowest BCUT2D eigenvalue weighted by Gasteiger charge is -2.32. The third kappa shape index (κ3) is 5.19. The number of aliphatic carboxylic acids is 1. The predicted octanol–water partition coefficient (Wildman–Crippen LogP) is 1.09. The third-order valence-corrected chi connectivity index (χ3v) is 3.57. The Morgan fingerprint density at radius 2 is 1.70 bits per heavy atom. The molecule has 20 heavy (non-hydrogen) atoms. The van der Waals surface area contributed by atoms with Crippen LogP contribution in [-0.4, -0.2) is 40.9 Å². The van der Waals surface area contributed by atoms with Gasteiger partial charge in [-0.05, 0) is 18.8 Å². The normalized spacial score (nSPS) is 14.2. The van der Waals surface area contributed by atoms with Gasteiger partial charge in [-0.2, -0.15) is 0 Å². The zero-order valence-electron chi connectivity index (χ0n) is 13.0. The Morgan fingerprint density at radius 3 is 2.00 bits per heavy atom. The monoisotopic (exact) mass is 286 g/mol. The van der Waals surface area contributed by atoms with E-state index in [0.29, 0.717) is 6.54 Å². The van der Waals surface area contributed by atoms with Gasteiger partial charge in [0.25, 0.3) is 0 Å². The molecule has 0 radical (unpaired) electrons. The number of carbonyl (C=O) groups is 3. The maximum Gasteiger partial charge on any atom is 0.310 e. The van der Waals surface area contributed by atoms with Crippen LogP contribution in [0.4, 0.5) is 0 Å². The molecule has 0 aromatic rings. The van der Waals surface area contributed by atoms with Gasteiger partial charge in [0, 0.05) is 13.0 Å². The van der Waals surface area contributed by atoms with E-state index in [2.05, 4.69) is 0 Å². The molecule has 0 saturated carbocycles. The number of carboxylic acids is 1. The molecule has 6 heteroatoms. The highest BCUT2D eigenvalue weighted by atomic mass is 16.4. The molecule has 6 nitrogen and oxygen atoms in total. The molecule has 3 N–H and O–H groups in total. The van der Waals surface area contributed by atoms with E-state index in [0.717, 1.165) is 0 Å². The second-order valence-electron chi connectivity index (χ2n) is 6.19. The quantitative estimate of drug-likeness (QED) is 0.697. The highest BCUT2D eigenvalue weighted by Crippen LogP contribution is 2.32. The summed E-state index contributed by atoms with van der Waals surface area (Å²) >= 11 is 0. The maximum absolute atomic E-state index is 12.3. The van der Waals surface area contributed by atoms with Crippen molar-refractivity contribution in [3.05, 3.63) is 0 Å². The van der Waals surface area contributed by atoms with Crippen LogP contribution >= 0.6 is 0 Å². The number of nitrogens with zero attached hydrogens (tertiary/aromatic N) is 1. The van der Waals surface area contributed by atoms with Gasteiger partial charge in [0.15, 0.2) is 0 Å². The molecule has 1 unspecified atom stereocenters. The minimum Gasteiger partial charge on any atom is -0.481 e. The minimum absolute atomic E-state index is 0.139. The van der Waals surface area contributed by atoms with Crippen molar-refractivity contribution < 1.29 is 19.5 Å². The van der Waals surface area contributed by atoms with Gasteiger partial charge in [0.2, 0.25) is 11.8 Å². The topological polar surface area (TPSA) is 101 Å². The van der Waals surface area contributed by atoms with Crippen LogP contribution in [0, 0.1) is 17.3 Å². The smallest absolute Gasteiger partial charge is 0.310 e. The second kappa shape index (κ2) is 7.26. The van der Waals surface area contributed by atoms with Crippen LogP contribution in [0.25, 0.3) is 0 Å². The first kappa shape index (κ1) is 18.4. The first-order valence-electron chi connectivity index (χ1n) is 6.80. The average molecular weight is 286 g/mol. The summed E-state index contributed by atoms with van der Waals surface area (Å²) in [5, 5.41) is 9.33. The summed E-state index contributed by atoms with van der Waals surface area (Å²) < 4.78 is 0. The number of rotatable bonds is 8. The fraction of sp³-hybridized carbons (Fsp3) is 0.786. The van der Waals surface area contributed by atoms with Crippen LogP contribution in [0.5, 0.6) is 0 Å². The summed E-state index contributed by atoms with van der Waals surface area (Å²) in [6.45, 7) is 9.13. The number of hydrogen-bond donors (Lipinski definition) is 2. The molecule has 0 heterocycles. The van der Waals surface area contributed by atoms with Crippen molar-refractivity contribution in [2.45, 2.75) is 41.0 Å². The summed E-state index contributed by atoms with van der Waals surface area (Å²) in [7, 11) is 0. The zero-order chi connectivity index (χ0) is 16.1. The minimum atomic E-state index is -1.15. The molecule has 0 aromatic carbocycles. The summed E-state index contributed by atoms with van der Waals surface area (Å²) in [6.07, 6.45) is -0.139. The second-order valence-corrected chi connectivity index (χ2v) is 6.19. The lowest BCUT2D eigenvalue weighted by atomic mass is 9.76. The Labute approximate surface area is 120 Å². The van der Waals surface area contributed by atoms with Crippen LogP contribution in [0.1, 0.15) is 41.0 Å². The summed E-state index contributed by atoms with van der Waals surface area (Å²) in [6, 6.07) is 0. The van der Waals surface area contributed by atoms with Crippen molar-refractivity contribution in [2.24, 2.45) is 23.0 Å². The molecule has 0 aliphatic rings. The van der Waals surface area contributed by atoms with Crippen LogP contribution in [0.15, 0.2) is 0 Å². The van der Waals surface area contributed by atoms with E-state index in [-0.39, 0.29) is 30.7 Å². The zero-order valence-corrected chi connectivity index (χ0v) is 13.0. The molecule has 0 bridgehead atoms. The Hall–Kier alpha value is -1.59. The van der Waals surface area contributed by atoms with Crippen LogP contribution in [-0.2, 0) is 14.4 Å². The number of carbonyl (C=O) groups excluding carboxylic acids is 2. The molecule has 0 aliphatic carbocycles. The van der Waals surface area contributed by atoms with Gasteiger partial charge in [-0.25, -0.2) is 0 Å². The number of hydrogen-bond acceptors (Lipinski definition) is 3. The van der Waals surface area contributed by atoms with Crippen molar-refractivity contribution in [1.29, 1.82) is 0 Å². The van der Waals surface area contributed by atoms with Gasteiger partial charge < -0.3 is 15.7 Å². The molecular weight excluding hydrogens is 260 g/mol. The van der Waals surface area contributed by atoms with Crippen molar-refractivity contribution in [1.82, 2.24) is 4.90 Å². The molecule has 0 saturated heterocycles. The molecule has 0 fully saturated rings. The number of carboxylic acid groups (broad SMARTS) is 1. The van der Waals surface area contributed by atoms with Crippen molar-refractivity contribution in [3.63, 3.8) is 0 Å². The van der Waals surface area contributed by atoms with Crippen molar-refractivity contribution >= 4 is 17.8 Å². The Morgan fingerprint density at radius 1 is 1.20 bits per heavy atom. The van der Waals surface area contributed by atoms with E-state index in [1.54, 1.807) is 20.8 Å². The van der Waals surface area contributed by atoms with Crippen LogP contribution in [0.3, 0.4) is 0 Å². The summed E-state index contributed by atoms with van der Waals surface area (Å²) in [4.78, 5) is 36.1. The number of primary amides is 1. The Kier molecular flexibility index (Phi) is 6.68. The van der Waals surface area contributed by atoms with Gasteiger partial charge >= 0.3 is 5.97 Å². The molecule has 116 valence electrons. The summed E-state index contributed by atoms with van der Waals surface area (Å²) in [5.41, 5.74) is 3.99. The van der Waals surface area contributed by atoms with E-state index < -0.39 is 17.3 Å². The Bertz CT molecular complexity index is 379. The number of nitrogens with two attached hydrogens (primary N) is 1. The van der Waals surface area contributed by atoms with E-state index in [1.165, 1.54) is 4.90 Å². The largest absolute Gasteiger partial charge is 0.481 e. The van der Waals surface area contributed by atoms with E-state index in [9.17, 15) is 19.5 Å². The standard InChI is InChI=1S/C14H26N2O4/c1-9(2)7-16(8-11(15)17)12(18)6-14(5,10(3)4)13(19)20/h9-10H,6-8H2,1-5H3,(H2,15,17)(H,19,20). The first-order valence-corrected chi connectivity index (χ1v) is 6.80. The van der Waals surface area contributed by atoms with Gasteiger partial charge in [-0.1, -0.05) is 27.7 Å². The van der Waals surface area contributed by atoms with Crippen molar-refractivity contribution in [2.75, 3.05) is 13.1 Å². The highest BCUT2D eigenvalue weighted by Gasteiger charge is 2.40. The van der Waals surface area contributed by atoms with E-state index >= 15 is 0 Å². The van der Waals surface area contributed by atoms with Gasteiger partial charge in [0.1, 0.15) is 0 Å². The first-order chi connectivity index (χ1) is 9.00. The average Bonchev–Trinajstić information content (AvgIpc) is 2.25. The van der Waals surface area contributed by atoms with Crippen LogP contribution < -0.4 is 5.73 Å². The van der Waals surface area contributed by atoms with E-state index in [4.69, 9.17) is 5.73 Å². The summed E-state index contributed by atoms with van der Waals surface area (Å²) in [5.74, 6) is -1.98. The van der Waals surface area contributed by atoms with Crippen molar-refractivity contribution in [3.8, 4) is 0 Å². The molecule has 0 aromatic heterocycles. The van der Waals surface area contributed by atoms with Gasteiger partial charge in [-0.3, -0.25) is 14.4 Å². The van der Waals surface area contributed by atoms with Gasteiger partial charge in [-0.15, -0.1) is 0 Å². The highest BCUT2D eigenvalue weighted by molar-refractivity contribution is 5.87. The fourth-order valence-electron chi connectivity index (χ4n) is 1.84. The fourth-order valence-corrected chi connectivity index (χ4v) is 1.84. The lowest BCUT2D eigenvalue weighted by molar-refractivity contribution is -0.155. The molecule has 0 aliphatic heterocycles. The molecule has 2 amide bonds.